The number of benzene rings is 1. The Labute approximate surface area is 206 Å². The number of halogens is 1. The van der Waals surface area contributed by atoms with Gasteiger partial charge in [0.2, 0.25) is 0 Å². The largest absolute Gasteiger partial charge is 0.463 e. The molecule has 2 heterocycles. The summed E-state index contributed by atoms with van der Waals surface area (Å²) < 4.78 is 18.9. The van der Waals surface area contributed by atoms with Crippen LogP contribution >= 0.6 is 0 Å². The number of hydrogen-bond acceptors (Lipinski definition) is 5. The van der Waals surface area contributed by atoms with Gasteiger partial charge in [-0.3, -0.25) is 9.80 Å². The van der Waals surface area contributed by atoms with Crippen molar-refractivity contribution in [3.8, 4) is 0 Å². The van der Waals surface area contributed by atoms with Crippen molar-refractivity contribution in [2.45, 2.75) is 52.2 Å². The minimum atomic E-state index is -0.760. The lowest BCUT2D eigenvalue weighted by Crippen LogP contribution is -2.59. The summed E-state index contributed by atoms with van der Waals surface area (Å²) in [5, 5.41) is 5.84. The van der Waals surface area contributed by atoms with E-state index in [4.69, 9.17) is 4.74 Å². The SMILES string of the molecule is CCOC(=O)C1=C(CN2CCN(C(=O)NC(C)(C)C)[C@H](C)C2)N(C)C(=O)N[C@@H]1c1ccc(F)cc1. The van der Waals surface area contributed by atoms with Crippen molar-refractivity contribution in [1.82, 2.24) is 25.3 Å². The lowest BCUT2D eigenvalue weighted by molar-refractivity contribution is -0.139. The highest BCUT2D eigenvalue weighted by Crippen LogP contribution is 2.32. The molecule has 3 rings (SSSR count). The molecule has 35 heavy (non-hydrogen) atoms. The third-order valence-corrected chi connectivity index (χ3v) is 6.10. The van der Waals surface area contributed by atoms with Crippen LogP contribution in [0.25, 0.3) is 0 Å². The number of likely N-dealkylation sites (N-methyl/N-ethyl adjacent to an activating group) is 1. The van der Waals surface area contributed by atoms with Gasteiger partial charge in [-0.25, -0.2) is 18.8 Å². The normalized spacial score (nSPS) is 21.6. The molecule has 4 amide bonds. The fourth-order valence-electron chi connectivity index (χ4n) is 4.39. The molecule has 1 fully saturated rings. The maximum absolute atomic E-state index is 13.5. The first-order valence-corrected chi connectivity index (χ1v) is 11.9. The molecule has 10 heteroatoms. The molecule has 0 radical (unpaired) electrons. The van der Waals surface area contributed by atoms with E-state index in [1.54, 1.807) is 31.0 Å². The zero-order valence-electron chi connectivity index (χ0n) is 21.4. The summed E-state index contributed by atoms with van der Waals surface area (Å²) in [5.41, 5.74) is 1.11. The maximum Gasteiger partial charge on any atom is 0.338 e. The van der Waals surface area contributed by atoms with Gasteiger partial charge in [0.1, 0.15) is 5.82 Å². The highest BCUT2D eigenvalue weighted by molar-refractivity contribution is 5.95. The van der Waals surface area contributed by atoms with Crippen LogP contribution in [0.15, 0.2) is 35.5 Å². The summed E-state index contributed by atoms with van der Waals surface area (Å²) in [4.78, 5) is 44.0. The van der Waals surface area contributed by atoms with Gasteiger partial charge >= 0.3 is 18.0 Å². The molecule has 0 bridgehead atoms. The van der Waals surface area contributed by atoms with Crippen LogP contribution in [0.4, 0.5) is 14.0 Å². The van der Waals surface area contributed by atoms with Crippen LogP contribution in [-0.2, 0) is 9.53 Å². The van der Waals surface area contributed by atoms with Crippen LogP contribution in [0.2, 0.25) is 0 Å². The highest BCUT2D eigenvalue weighted by atomic mass is 19.1. The number of esters is 1. The number of nitrogens with one attached hydrogen (secondary N) is 2. The van der Waals surface area contributed by atoms with Crippen molar-refractivity contribution in [2.24, 2.45) is 0 Å². The Balaban J connectivity index is 1.88. The zero-order chi connectivity index (χ0) is 25.9. The van der Waals surface area contributed by atoms with Crippen LogP contribution in [0.3, 0.4) is 0 Å². The molecule has 1 saturated heterocycles. The molecule has 2 N–H and O–H groups in total. The summed E-state index contributed by atoms with van der Waals surface area (Å²) in [5.74, 6) is -0.933. The lowest BCUT2D eigenvalue weighted by Gasteiger charge is -2.43. The number of carbonyl (C=O) groups is 3. The molecule has 192 valence electrons. The Bertz CT molecular complexity index is 989. The smallest absolute Gasteiger partial charge is 0.338 e. The monoisotopic (exact) mass is 489 g/mol. The van der Waals surface area contributed by atoms with Gasteiger partial charge in [-0.15, -0.1) is 0 Å². The average molecular weight is 490 g/mol. The summed E-state index contributed by atoms with van der Waals surface area (Å²) in [7, 11) is 1.61. The maximum atomic E-state index is 13.5. The van der Waals surface area contributed by atoms with Crippen LogP contribution in [-0.4, -0.2) is 84.1 Å². The molecule has 0 saturated carbocycles. The minimum Gasteiger partial charge on any atom is -0.463 e. The van der Waals surface area contributed by atoms with Crippen molar-refractivity contribution in [1.29, 1.82) is 0 Å². The number of piperazine rings is 1. The summed E-state index contributed by atoms with van der Waals surface area (Å²) in [6.45, 7) is 11.7. The van der Waals surface area contributed by atoms with Crippen LogP contribution in [0, 0.1) is 5.82 Å². The fourth-order valence-corrected chi connectivity index (χ4v) is 4.39. The standard InChI is InChI=1S/C25H36FN5O4/c1-7-35-22(32)20-19(29(6)23(33)27-21(20)17-8-10-18(26)11-9-17)15-30-12-13-31(16(2)14-30)24(34)28-25(3,4)5/h8-11,16,21H,7,12-15H2,1-6H3,(H,27,33)(H,28,34)/t16-,21-/m1/s1. The van der Waals surface area contributed by atoms with E-state index in [0.717, 1.165) is 0 Å². The summed E-state index contributed by atoms with van der Waals surface area (Å²) in [6.07, 6.45) is 0. The number of ether oxygens (including phenoxy) is 1. The number of rotatable bonds is 5. The van der Waals surface area contributed by atoms with Crippen molar-refractivity contribution >= 4 is 18.0 Å². The van der Waals surface area contributed by atoms with Gasteiger partial charge in [-0.1, -0.05) is 12.1 Å². The average Bonchev–Trinajstić information content (AvgIpc) is 2.76. The first-order chi connectivity index (χ1) is 16.4. The van der Waals surface area contributed by atoms with Gasteiger partial charge in [0.05, 0.1) is 18.2 Å². The van der Waals surface area contributed by atoms with Gasteiger partial charge in [0.15, 0.2) is 0 Å². The van der Waals surface area contributed by atoms with E-state index >= 15 is 0 Å². The molecular weight excluding hydrogens is 453 g/mol. The first kappa shape index (κ1) is 26.5. The van der Waals surface area contributed by atoms with E-state index < -0.39 is 17.8 Å². The van der Waals surface area contributed by atoms with Gasteiger partial charge in [0.25, 0.3) is 0 Å². The van der Waals surface area contributed by atoms with E-state index in [1.165, 1.54) is 17.0 Å². The highest BCUT2D eigenvalue weighted by Gasteiger charge is 2.38. The minimum absolute atomic E-state index is 0.0617. The van der Waals surface area contributed by atoms with Gasteiger partial charge in [0, 0.05) is 50.5 Å². The Kier molecular flexibility index (Phi) is 8.04. The summed E-state index contributed by atoms with van der Waals surface area (Å²) >= 11 is 0. The number of urea groups is 2. The molecule has 0 unspecified atom stereocenters. The molecule has 0 aromatic heterocycles. The van der Waals surface area contributed by atoms with Gasteiger partial charge in [-0.2, -0.15) is 0 Å². The Morgan fingerprint density at radius 1 is 1.20 bits per heavy atom. The van der Waals surface area contributed by atoms with Crippen molar-refractivity contribution in [3.05, 3.63) is 46.9 Å². The van der Waals surface area contributed by atoms with Gasteiger partial charge in [-0.05, 0) is 52.3 Å². The lowest BCUT2D eigenvalue weighted by atomic mass is 9.94. The predicted octanol–water partition coefficient (Wildman–Crippen LogP) is 2.85. The topological polar surface area (TPSA) is 94.2 Å². The molecule has 2 atom stereocenters. The van der Waals surface area contributed by atoms with E-state index in [2.05, 4.69) is 15.5 Å². The summed E-state index contributed by atoms with van der Waals surface area (Å²) in [6, 6.07) is 4.41. The molecule has 1 aromatic carbocycles. The van der Waals surface area contributed by atoms with Gasteiger partial charge < -0.3 is 20.3 Å². The fraction of sp³-hybridized carbons (Fsp3) is 0.560. The molecule has 1 aromatic rings. The molecule has 2 aliphatic heterocycles. The second-order valence-corrected chi connectivity index (χ2v) is 10.0. The van der Waals surface area contributed by atoms with Crippen molar-refractivity contribution in [3.63, 3.8) is 0 Å². The molecule has 9 nitrogen and oxygen atoms in total. The Morgan fingerprint density at radius 3 is 2.43 bits per heavy atom. The second kappa shape index (κ2) is 10.6. The van der Waals surface area contributed by atoms with Crippen LogP contribution in [0.1, 0.15) is 46.2 Å². The molecular formula is C25H36FN5O4. The van der Waals surface area contributed by atoms with Crippen LogP contribution < -0.4 is 10.6 Å². The van der Waals surface area contributed by atoms with E-state index in [9.17, 15) is 18.8 Å². The second-order valence-electron chi connectivity index (χ2n) is 10.0. The number of nitrogens with zero attached hydrogens (tertiary/aromatic N) is 3. The van der Waals surface area contributed by atoms with E-state index in [1.807, 2.05) is 27.7 Å². The van der Waals surface area contributed by atoms with Crippen LogP contribution in [0.5, 0.6) is 0 Å². The number of amides is 4. The Hall–Kier alpha value is -3.14. The first-order valence-electron chi connectivity index (χ1n) is 11.9. The zero-order valence-corrected chi connectivity index (χ0v) is 21.4. The number of hydrogen-bond donors (Lipinski definition) is 2. The van der Waals surface area contributed by atoms with E-state index in [-0.39, 0.29) is 30.2 Å². The van der Waals surface area contributed by atoms with Crippen molar-refractivity contribution < 1.29 is 23.5 Å². The molecule has 2 aliphatic rings. The third kappa shape index (κ3) is 6.30. The Morgan fingerprint density at radius 2 is 1.86 bits per heavy atom. The quantitative estimate of drug-likeness (QED) is 0.621. The predicted molar refractivity (Wildman–Crippen MR) is 130 cm³/mol. The molecule has 0 spiro atoms. The van der Waals surface area contributed by atoms with E-state index in [0.29, 0.717) is 43.0 Å². The number of carbonyl (C=O) groups excluding carboxylic acids is 3. The molecule has 0 aliphatic carbocycles. The third-order valence-electron chi connectivity index (χ3n) is 6.10. The van der Waals surface area contributed by atoms with Crippen molar-refractivity contribution in [2.75, 3.05) is 39.8 Å².